The number of carbonyl (C=O) groups excluding carboxylic acids is 1. The van der Waals surface area contributed by atoms with Crippen molar-refractivity contribution in [2.24, 2.45) is 0 Å². The Balaban J connectivity index is 1.38. The molecule has 0 radical (unpaired) electrons. The number of aromatic nitrogens is 3. The smallest absolute Gasteiger partial charge is 0.264 e. The summed E-state index contributed by atoms with van der Waals surface area (Å²) in [6.07, 6.45) is 3.39. The maximum absolute atomic E-state index is 13.2. The van der Waals surface area contributed by atoms with E-state index in [9.17, 15) is 4.79 Å². The van der Waals surface area contributed by atoms with Gasteiger partial charge in [0.05, 0.1) is 32.0 Å². The largest absolute Gasteiger partial charge is 0.367 e. The van der Waals surface area contributed by atoms with Gasteiger partial charge < -0.3 is 9.80 Å². The lowest BCUT2D eigenvalue weighted by Crippen LogP contribution is -2.48. The lowest BCUT2D eigenvalue weighted by molar-refractivity contribution is 0.0752. The summed E-state index contributed by atoms with van der Waals surface area (Å²) >= 11 is 14.1. The van der Waals surface area contributed by atoms with Crippen molar-refractivity contribution in [3.8, 4) is 5.69 Å². The summed E-state index contributed by atoms with van der Waals surface area (Å²) in [6.45, 7) is 4.69. The number of rotatable bonds is 3. The van der Waals surface area contributed by atoms with Crippen molar-refractivity contribution in [2.45, 2.75) is 6.92 Å². The van der Waals surface area contributed by atoms with E-state index >= 15 is 0 Å². The van der Waals surface area contributed by atoms with Gasteiger partial charge in [-0.15, -0.1) is 11.3 Å². The van der Waals surface area contributed by atoms with Crippen molar-refractivity contribution in [2.75, 3.05) is 31.1 Å². The summed E-state index contributed by atoms with van der Waals surface area (Å²) in [5.41, 5.74) is 2.65. The van der Waals surface area contributed by atoms with E-state index in [4.69, 9.17) is 23.2 Å². The topological polar surface area (TPSA) is 54.3 Å². The number of benzene rings is 1. The van der Waals surface area contributed by atoms with E-state index in [2.05, 4.69) is 15.0 Å². The van der Waals surface area contributed by atoms with Gasteiger partial charge >= 0.3 is 0 Å². The molecule has 1 fully saturated rings. The number of amides is 1. The summed E-state index contributed by atoms with van der Waals surface area (Å²) in [4.78, 5) is 23.0. The number of halogens is 2. The Kier molecular flexibility index (Phi) is 5.33. The second kappa shape index (κ2) is 8.15. The van der Waals surface area contributed by atoms with Crippen LogP contribution in [0.25, 0.3) is 15.9 Å². The number of carbonyl (C=O) groups is 1. The second-order valence-electron chi connectivity index (χ2n) is 7.38. The lowest BCUT2D eigenvalue weighted by Gasteiger charge is -2.36. The van der Waals surface area contributed by atoms with E-state index in [1.54, 1.807) is 12.4 Å². The van der Waals surface area contributed by atoms with Crippen LogP contribution in [0, 0.1) is 6.92 Å². The minimum Gasteiger partial charge on any atom is -0.367 e. The fourth-order valence-electron chi connectivity index (χ4n) is 3.87. The van der Waals surface area contributed by atoms with Gasteiger partial charge in [-0.25, -0.2) is 4.68 Å². The molecule has 1 aliphatic rings. The number of anilines is 1. The van der Waals surface area contributed by atoms with E-state index in [0.717, 1.165) is 40.4 Å². The molecule has 6 nitrogen and oxygen atoms in total. The average molecular weight is 472 g/mol. The Morgan fingerprint density at radius 1 is 1.03 bits per heavy atom. The molecular weight excluding hydrogens is 453 g/mol. The number of nitrogens with zero attached hydrogens (tertiary/aromatic N) is 5. The Bertz CT molecular complexity index is 1280. The Labute approximate surface area is 193 Å². The van der Waals surface area contributed by atoms with E-state index in [1.807, 2.05) is 52.9 Å². The minimum absolute atomic E-state index is 0.0479. The van der Waals surface area contributed by atoms with Crippen LogP contribution in [0.4, 0.5) is 5.69 Å². The number of piperazine rings is 1. The first-order valence-corrected chi connectivity index (χ1v) is 11.5. The van der Waals surface area contributed by atoms with Crippen LogP contribution in [0.15, 0.2) is 48.8 Å². The molecule has 5 rings (SSSR count). The molecule has 0 bridgehead atoms. The number of hydrogen-bond donors (Lipinski definition) is 0. The first-order chi connectivity index (χ1) is 15.0. The third kappa shape index (κ3) is 3.67. The van der Waals surface area contributed by atoms with Crippen LogP contribution < -0.4 is 4.90 Å². The summed E-state index contributed by atoms with van der Waals surface area (Å²) in [5.74, 6) is 0.0479. The predicted octanol–water partition coefficient (Wildman–Crippen LogP) is 5.06. The van der Waals surface area contributed by atoms with Crippen molar-refractivity contribution < 1.29 is 4.79 Å². The molecule has 1 aliphatic heterocycles. The maximum atomic E-state index is 13.2. The summed E-state index contributed by atoms with van der Waals surface area (Å²) in [6, 6.07) is 11.5. The van der Waals surface area contributed by atoms with Gasteiger partial charge in [0.2, 0.25) is 0 Å². The SMILES string of the molecule is Cc1nn(-c2ccccc2Cl)c2sc(C(=O)N3CCN(c4ccncc4Cl)CC3)cc12. The number of fused-ring (bicyclic) bond motifs is 1. The minimum atomic E-state index is 0.0479. The Hall–Kier alpha value is -2.61. The van der Waals surface area contributed by atoms with Crippen LogP contribution in [-0.2, 0) is 0 Å². The monoisotopic (exact) mass is 471 g/mol. The van der Waals surface area contributed by atoms with Crippen LogP contribution in [0.2, 0.25) is 10.0 Å². The summed E-state index contributed by atoms with van der Waals surface area (Å²) in [5, 5.41) is 6.88. The quantitative estimate of drug-likeness (QED) is 0.418. The number of aryl methyl sites for hydroxylation is 1. The molecule has 0 atom stereocenters. The molecule has 9 heteroatoms. The van der Waals surface area contributed by atoms with Crippen LogP contribution in [-0.4, -0.2) is 51.8 Å². The van der Waals surface area contributed by atoms with Gasteiger partial charge in [-0.3, -0.25) is 9.78 Å². The zero-order valence-electron chi connectivity index (χ0n) is 16.8. The van der Waals surface area contributed by atoms with Crippen LogP contribution in [0.5, 0.6) is 0 Å². The molecule has 0 spiro atoms. The van der Waals surface area contributed by atoms with Crippen molar-refractivity contribution in [1.29, 1.82) is 0 Å². The fourth-order valence-corrected chi connectivity index (χ4v) is 5.47. The number of pyridine rings is 1. The zero-order chi connectivity index (χ0) is 21.5. The first-order valence-electron chi connectivity index (χ1n) is 9.91. The molecule has 31 heavy (non-hydrogen) atoms. The first kappa shape index (κ1) is 20.3. The highest BCUT2D eigenvalue weighted by molar-refractivity contribution is 7.20. The van der Waals surface area contributed by atoms with Crippen LogP contribution in [0.3, 0.4) is 0 Å². The molecule has 0 aliphatic carbocycles. The highest BCUT2D eigenvalue weighted by Crippen LogP contribution is 2.33. The normalized spacial score (nSPS) is 14.4. The van der Waals surface area contributed by atoms with Gasteiger partial charge in [-0.1, -0.05) is 35.3 Å². The van der Waals surface area contributed by atoms with E-state index < -0.39 is 0 Å². The van der Waals surface area contributed by atoms with Gasteiger partial charge in [0.15, 0.2) is 0 Å². The van der Waals surface area contributed by atoms with Gasteiger partial charge in [-0.05, 0) is 31.2 Å². The van der Waals surface area contributed by atoms with Gasteiger partial charge in [0.25, 0.3) is 5.91 Å². The molecule has 1 saturated heterocycles. The van der Waals surface area contributed by atoms with Crippen molar-refractivity contribution in [3.05, 3.63) is 69.4 Å². The molecule has 158 valence electrons. The molecule has 4 aromatic rings. The van der Waals surface area contributed by atoms with E-state index in [0.29, 0.717) is 28.0 Å². The number of thiophene rings is 1. The van der Waals surface area contributed by atoms with Gasteiger partial charge in [-0.2, -0.15) is 5.10 Å². The molecule has 0 saturated carbocycles. The number of para-hydroxylation sites is 1. The third-order valence-electron chi connectivity index (χ3n) is 5.49. The van der Waals surface area contributed by atoms with Gasteiger partial charge in [0, 0.05) is 44.0 Å². The van der Waals surface area contributed by atoms with E-state index in [1.165, 1.54) is 11.3 Å². The fraction of sp³-hybridized carbons (Fsp3) is 0.227. The Morgan fingerprint density at radius 2 is 1.81 bits per heavy atom. The van der Waals surface area contributed by atoms with Crippen LogP contribution >= 0.6 is 34.5 Å². The molecule has 1 amide bonds. The predicted molar refractivity (Wildman–Crippen MR) is 126 cm³/mol. The number of hydrogen-bond acceptors (Lipinski definition) is 5. The second-order valence-corrected chi connectivity index (χ2v) is 9.23. The summed E-state index contributed by atoms with van der Waals surface area (Å²) < 4.78 is 1.83. The maximum Gasteiger partial charge on any atom is 0.264 e. The standard InChI is InChI=1S/C22H19Cl2N5OS/c1-14-15-12-20(31-22(15)29(26-14)19-5-3-2-4-16(19)23)21(30)28-10-8-27(9-11-28)18-6-7-25-13-17(18)24/h2-7,12-13H,8-11H2,1H3. The van der Waals surface area contributed by atoms with Crippen LogP contribution in [0.1, 0.15) is 15.4 Å². The van der Waals surface area contributed by atoms with Crippen molar-refractivity contribution >= 4 is 56.3 Å². The summed E-state index contributed by atoms with van der Waals surface area (Å²) in [7, 11) is 0. The highest BCUT2D eigenvalue weighted by Gasteiger charge is 2.26. The average Bonchev–Trinajstić information content (AvgIpc) is 3.35. The third-order valence-corrected chi connectivity index (χ3v) is 7.20. The van der Waals surface area contributed by atoms with Crippen molar-refractivity contribution in [3.63, 3.8) is 0 Å². The van der Waals surface area contributed by atoms with Gasteiger partial charge in [0.1, 0.15) is 4.83 Å². The molecule has 1 aromatic carbocycles. The van der Waals surface area contributed by atoms with E-state index in [-0.39, 0.29) is 5.91 Å². The molecular formula is C22H19Cl2N5OS. The lowest BCUT2D eigenvalue weighted by atomic mass is 10.2. The highest BCUT2D eigenvalue weighted by atomic mass is 35.5. The molecule has 3 aromatic heterocycles. The van der Waals surface area contributed by atoms with Crippen molar-refractivity contribution in [1.82, 2.24) is 19.7 Å². The molecule has 0 unspecified atom stereocenters. The molecule has 4 heterocycles. The Morgan fingerprint density at radius 3 is 2.55 bits per heavy atom. The molecule has 0 N–H and O–H groups in total. The zero-order valence-corrected chi connectivity index (χ0v) is 19.1.